The molecule has 1 fully saturated rings. The van der Waals surface area contributed by atoms with Gasteiger partial charge in [-0.15, -0.1) is 12.4 Å². The molecule has 1 aliphatic rings. The zero-order valence-corrected chi connectivity index (χ0v) is 13.8. The van der Waals surface area contributed by atoms with Gasteiger partial charge in [0.1, 0.15) is 0 Å². The van der Waals surface area contributed by atoms with Crippen molar-refractivity contribution in [3.8, 4) is 5.75 Å². The minimum atomic E-state index is -3.85. The van der Waals surface area contributed by atoms with Crippen LogP contribution in [0, 0.1) is 11.7 Å². The van der Waals surface area contributed by atoms with Crippen LogP contribution in [0.15, 0.2) is 23.1 Å². The van der Waals surface area contributed by atoms with Crippen LogP contribution in [0.2, 0.25) is 0 Å². The van der Waals surface area contributed by atoms with Crippen LogP contribution in [0.4, 0.5) is 13.2 Å². The maximum Gasteiger partial charge on any atom is 0.387 e. The lowest BCUT2D eigenvalue weighted by Crippen LogP contribution is -2.40. The Bertz CT molecular complexity index is 623. The van der Waals surface area contributed by atoms with E-state index in [1.165, 1.54) is 4.31 Å². The first-order valence-electron chi connectivity index (χ1n) is 6.79. The van der Waals surface area contributed by atoms with E-state index in [-0.39, 0.29) is 23.2 Å². The number of nitrogens with two attached hydrogens (primary N) is 1. The number of alkyl halides is 2. The normalized spacial score (nSPS) is 17.1. The molecule has 1 heterocycles. The van der Waals surface area contributed by atoms with Crippen LogP contribution in [-0.2, 0) is 10.0 Å². The summed E-state index contributed by atoms with van der Waals surface area (Å²) in [6, 6.07) is 2.65. The Hall–Kier alpha value is -1.03. The van der Waals surface area contributed by atoms with Crippen molar-refractivity contribution in [1.29, 1.82) is 0 Å². The van der Waals surface area contributed by atoms with E-state index >= 15 is 0 Å². The Labute approximate surface area is 139 Å². The zero-order chi connectivity index (χ0) is 16.3. The number of ether oxygens (including phenoxy) is 1. The molecule has 1 aromatic carbocycles. The minimum Gasteiger partial charge on any atom is -0.432 e. The van der Waals surface area contributed by atoms with Crippen LogP contribution >= 0.6 is 12.4 Å². The van der Waals surface area contributed by atoms with E-state index < -0.39 is 28.2 Å². The third kappa shape index (κ3) is 4.72. The molecule has 5 nitrogen and oxygen atoms in total. The highest BCUT2D eigenvalue weighted by molar-refractivity contribution is 7.89. The second kappa shape index (κ2) is 8.18. The van der Waals surface area contributed by atoms with Crippen molar-refractivity contribution in [3.63, 3.8) is 0 Å². The van der Waals surface area contributed by atoms with Gasteiger partial charge in [0.25, 0.3) is 0 Å². The molecule has 0 amide bonds. The van der Waals surface area contributed by atoms with Gasteiger partial charge in [-0.25, -0.2) is 12.8 Å². The van der Waals surface area contributed by atoms with Crippen molar-refractivity contribution < 1.29 is 26.3 Å². The molecule has 23 heavy (non-hydrogen) atoms. The molecule has 1 saturated heterocycles. The Morgan fingerprint density at radius 3 is 2.39 bits per heavy atom. The van der Waals surface area contributed by atoms with Gasteiger partial charge in [-0.1, -0.05) is 0 Å². The van der Waals surface area contributed by atoms with Crippen LogP contribution in [0.3, 0.4) is 0 Å². The molecule has 0 bridgehead atoms. The quantitative estimate of drug-likeness (QED) is 0.857. The predicted molar refractivity (Wildman–Crippen MR) is 80.8 cm³/mol. The van der Waals surface area contributed by atoms with Gasteiger partial charge in [0.2, 0.25) is 10.0 Å². The second-order valence-corrected chi connectivity index (χ2v) is 6.99. The molecule has 0 spiro atoms. The summed E-state index contributed by atoms with van der Waals surface area (Å²) in [5.41, 5.74) is 5.55. The molecule has 0 saturated carbocycles. The van der Waals surface area contributed by atoms with Crippen molar-refractivity contribution in [2.24, 2.45) is 11.7 Å². The van der Waals surface area contributed by atoms with E-state index in [0.29, 0.717) is 38.5 Å². The first kappa shape index (κ1) is 20.0. The lowest BCUT2D eigenvalue weighted by molar-refractivity contribution is -0.0522. The summed E-state index contributed by atoms with van der Waals surface area (Å²) in [5.74, 6) is -1.54. The highest BCUT2D eigenvalue weighted by Crippen LogP contribution is 2.27. The molecule has 0 unspecified atom stereocenters. The third-order valence-electron chi connectivity index (χ3n) is 3.66. The van der Waals surface area contributed by atoms with E-state index in [4.69, 9.17) is 5.73 Å². The fourth-order valence-corrected chi connectivity index (χ4v) is 3.85. The minimum absolute atomic E-state index is 0. The monoisotopic (exact) mass is 374 g/mol. The molecule has 2 N–H and O–H groups in total. The highest BCUT2D eigenvalue weighted by Gasteiger charge is 2.29. The summed E-state index contributed by atoms with van der Waals surface area (Å²) < 4.78 is 67.8. The predicted octanol–water partition coefficient (Wildman–Crippen LogP) is 2.21. The van der Waals surface area contributed by atoms with Crippen molar-refractivity contribution in [3.05, 3.63) is 24.0 Å². The van der Waals surface area contributed by atoms with Crippen molar-refractivity contribution >= 4 is 22.4 Å². The Balaban J connectivity index is 0.00000264. The van der Waals surface area contributed by atoms with Gasteiger partial charge in [-0.05, 0) is 43.5 Å². The van der Waals surface area contributed by atoms with Gasteiger partial charge in [-0.3, -0.25) is 0 Å². The highest BCUT2D eigenvalue weighted by atomic mass is 35.5. The van der Waals surface area contributed by atoms with E-state index in [2.05, 4.69) is 4.74 Å². The topological polar surface area (TPSA) is 72.6 Å². The van der Waals surface area contributed by atoms with Crippen LogP contribution < -0.4 is 10.5 Å². The summed E-state index contributed by atoms with van der Waals surface area (Å²) in [5, 5.41) is 0. The lowest BCUT2D eigenvalue weighted by Gasteiger charge is -2.30. The van der Waals surface area contributed by atoms with Crippen LogP contribution in [0.1, 0.15) is 12.8 Å². The lowest BCUT2D eigenvalue weighted by atomic mass is 9.99. The van der Waals surface area contributed by atoms with Gasteiger partial charge < -0.3 is 10.5 Å². The van der Waals surface area contributed by atoms with Gasteiger partial charge in [0.15, 0.2) is 11.6 Å². The van der Waals surface area contributed by atoms with E-state index in [1.807, 2.05) is 0 Å². The maximum atomic E-state index is 13.7. The largest absolute Gasteiger partial charge is 0.432 e. The van der Waals surface area contributed by atoms with E-state index in [0.717, 1.165) is 12.1 Å². The average Bonchev–Trinajstić information content (AvgIpc) is 2.49. The number of benzene rings is 1. The van der Waals surface area contributed by atoms with E-state index in [9.17, 15) is 21.6 Å². The number of hydrogen-bond donors (Lipinski definition) is 1. The number of nitrogens with zero attached hydrogens (tertiary/aromatic N) is 1. The fraction of sp³-hybridized carbons (Fsp3) is 0.538. The fourth-order valence-electron chi connectivity index (χ4n) is 2.37. The molecule has 1 aliphatic heterocycles. The van der Waals surface area contributed by atoms with Crippen molar-refractivity contribution in [2.45, 2.75) is 24.3 Å². The molecule has 2 rings (SSSR count). The molecular formula is C13H18ClF3N2O3S. The summed E-state index contributed by atoms with van der Waals surface area (Å²) >= 11 is 0. The summed E-state index contributed by atoms with van der Waals surface area (Å²) in [4.78, 5) is -0.280. The summed E-state index contributed by atoms with van der Waals surface area (Å²) in [6.07, 6.45) is 1.29. The zero-order valence-electron chi connectivity index (χ0n) is 12.1. The maximum absolute atomic E-state index is 13.7. The van der Waals surface area contributed by atoms with Gasteiger partial charge in [0.05, 0.1) is 4.90 Å². The summed E-state index contributed by atoms with van der Waals surface area (Å²) in [7, 11) is -3.85. The summed E-state index contributed by atoms with van der Waals surface area (Å²) in [6.45, 7) is -2.06. The van der Waals surface area contributed by atoms with Crippen LogP contribution in [0.5, 0.6) is 5.75 Å². The number of halogens is 4. The number of piperidine rings is 1. The molecule has 132 valence electrons. The molecular weight excluding hydrogens is 357 g/mol. The molecule has 0 radical (unpaired) electrons. The van der Waals surface area contributed by atoms with Gasteiger partial charge >= 0.3 is 6.61 Å². The molecule has 0 atom stereocenters. The average molecular weight is 375 g/mol. The smallest absolute Gasteiger partial charge is 0.387 e. The van der Waals surface area contributed by atoms with Gasteiger partial charge in [0, 0.05) is 13.1 Å². The number of rotatable bonds is 5. The molecule has 0 aliphatic carbocycles. The third-order valence-corrected chi connectivity index (χ3v) is 5.56. The Morgan fingerprint density at radius 1 is 1.30 bits per heavy atom. The van der Waals surface area contributed by atoms with Crippen molar-refractivity contribution in [1.82, 2.24) is 4.31 Å². The van der Waals surface area contributed by atoms with Crippen LogP contribution in [0.25, 0.3) is 0 Å². The second-order valence-electron chi connectivity index (χ2n) is 5.05. The Morgan fingerprint density at radius 2 is 1.91 bits per heavy atom. The number of hydrogen-bond acceptors (Lipinski definition) is 4. The first-order chi connectivity index (χ1) is 10.3. The standard InChI is InChI=1S/C13H17F3N2O3S.ClH/c14-11-7-10(1-2-12(11)21-13(15)16)22(19,20)18-5-3-9(8-17)4-6-18;/h1-2,7,9,13H,3-6,8,17H2;1H. The van der Waals surface area contributed by atoms with Crippen LogP contribution in [-0.4, -0.2) is 39.0 Å². The van der Waals surface area contributed by atoms with Gasteiger partial charge in [-0.2, -0.15) is 13.1 Å². The first-order valence-corrected chi connectivity index (χ1v) is 8.23. The van der Waals surface area contributed by atoms with E-state index in [1.54, 1.807) is 0 Å². The molecule has 1 aromatic rings. The molecule has 10 heteroatoms. The Kier molecular flexibility index (Phi) is 7.12. The molecule has 0 aromatic heterocycles. The van der Waals surface area contributed by atoms with Crippen molar-refractivity contribution in [2.75, 3.05) is 19.6 Å². The number of sulfonamides is 1. The SMILES string of the molecule is Cl.NCC1CCN(S(=O)(=O)c2ccc(OC(F)F)c(F)c2)CC1.